The highest BCUT2D eigenvalue weighted by Crippen LogP contribution is 2.20. The van der Waals surface area contributed by atoms with Crippen molar-refractivity contribution >= 4 is 0 Å². The van der Waals surface area contributed by atoms with Crippen molar-refractivity contribution in [1.29, 1.82) is 0 Å². The first-order valence-electron chi connectivity index (χ1n) is 3.93. The molecule has 1 aliphatic rings. The number of nitrogens with zero attached hydrogens (tertiary/aromatic N) is 3. The Hall–Kier alpha value is -0.900. The van der Waals surface area contributed by atoms with Gasteiger partial charge in [0.25, 0.3) is 0 Å². The van der Waals surface area contributed by atoms with Crippen molar-refractivity contribution < 1.29 is 5.11 Å². The molecule has 0 spiro atoms. The average molecular weight is 153 g/mol. The van der Waals surface area contributed by atoms with E-state index in [2.05, 4.69) is 10.2 Å². The molecule has 4 nitrogen and oxygen atoms in total. The third kappa shape index (κ3) is 1.14. The molecule has 4 heteroatoms. The van der Waals surface area contributed by atoms with Gasteiger partial charge in [-0.15, -0.1) is 10.2 Å². The van der Waals surface area contributed by atoms with Crippen LogP contribution in [0.25, 0.3) is 0 Å². The van der Waals surface area contributed by atoms with E-state index >= 15 is 0 Å². The molecule has 1 N–H and O–H groups in total. The lowest BCUT2D eigenvalue weighted by atomic mass is 10.2. The Morgan fingerprint density at radius 2 is 2.45 bits per heavy atom. The second-order valence-corrected chi connectivity index (χ2v) is 2.89. The van der Waals surface area contributed by atoms with Crippen LogP contribution in [0, 0.1) is 0 Å². The third-order valence-corrected chi connectivity index (χ3v) is 2.07. The summed E-state index contributed by atoms with van der Waals surface area (Å²) in [7, 11) is 0. The summed E-state index contributed by atoms with van der Waals surface area (Å²) in [6, 6.07) is 0. The van der Waals surface area contributed by atoms with Crippen LogP contribution < -0.4 is 0 Å². The van der Waals surface area contributed by atoms with Crippen molar-refractivity contribution in [3.05, 3.63) is 12.2 Å². The predicted octanol–water partition coefficient (Wildman–Crippen LogP) is 0.495. The molecule has 0 aromatic carbocycles. The monoisotopic (exact) mass is 153 g/mol. The molecule has 1 aliphatic heterocycles. The molecule has 60 valence electrons. The van der Waals surface area contributed by atoms with Gasteiger partial charge in [0.2, 0.25) is 0 Å². The molecule has 0 radical (unpaired) electrons. The van der Waals surface area contributed by atoms with Crippen LogP contribution in [0.3, 0.4) is 0 Å². The molecule has 2 heterocycles. The van der Waals surface area contributed by atoms with Gasteiger partial charge in [0, 0.05) is 6.54 Å². The molecule has 0 aliphatic carbocycles. The summed E-state index contributed by atoms with van der Waals surface area (Å²) in [5.74, 6) is 0.725. The van der Waals surface area contributed by atoms with Crippen LogP contribution in [0.1, 0.15) is 31.2 Å². The largest absolute Gasteiger partial charge is 0.385 e. The van der Waals surface area contributed by atoms with E-state index < -0.39 is 6.10 Å². The summed E-state index contributed by atoms with van der Waals surface area (Å²) >= 11 is 0. The highest BCUT2D eigenvalue weighted by Gasteiger charge is 2.17. The lowest BCUT2D eigenvalue weighted by Gasteiger charge is -2.04. The van der Waals surface area contributed by atoms with Gasteiger partial charge >= 0.3 is 0 Å². The van der Waals surface area contributed by atoms with Crippen molar-refractivity contribution in [2.45, 2.75) is 31.9 Å². The number of rotatable bonds is 0. The summed E-state index contributed by atoms with van der Waals surface area (Å²) in [5, 5.41) is 17.1. The number of aliphatic hydroxyl groups is 1. The Kier molecular flexibility index (Phi) is 1.62. The molecular formula is C7H11N3O. The van der Waals surface area contributed by atoms with Gasteiger partial charge in [0.1, 0.15) is 12.4 Å². The number of hydrogen-bond donors (Lipinski definition) is 1. The average Bonchev–Trinajstić information content (AvgIpc) is 2.40. The second-order valence-electron chi connectivity index (χ2n) is 2.89. The summed E-state index contributed by atoms with van der Waals surface area (Å²) in [5.41, 5.74) is 0. The van der Waals surface area contributed by atoms with Crippen LogP contribution in [0.5, 0.6) is 0 Å². The molecule has 2 rings (SSSR count). The van der Waals surface area contributed by atoms with Crippen molar-refractivity contribution in [2.24, 2.45) is 0 Å². The Balaban J connectivity index is 2.34. The number of aromatic nitrogens is 3. The first kappa shape index (κ1) is 6.79. The minimum absolute atomic E-state index is 0.403. The van der Waals surface area contributed by atoms with E-state index in [1.165, 1.54) is 0 Å². The van der Waals surface area contributed by atoms with Gasteiger partial charge < -0.3 is 9.67 Å². The topological polar surface area (TPSA) is 50.9 Å². The van der Waals surface area contributed by atoms with Gasteiger partial charge in [-0.25, -0.2) is 0 Å². The minimum Gasteiger partial charge on any atom is -0.385 e. The second kappa shape index (κ2) is 2.62. The highest BCUT2D eigenvalue weighted by molar-refractivity contribution is 4.92. The number of fused-ring (bicyclic) bond motifs is 1. The maximum atomic E-state index is 9.51. The van der Waals surface area contributed by atoms with Gasteiger partial charge in [-0.05, 0) is 19.3 Å². The van der Waals surface area contributed by atoms with Gasteiger partial charge in [-0.2, -0.15) is 0 Å². The van der Waals surface area contributed by atoms with Crippen LogP contribution in [0.2, 0.25) is 0 Å². The van der Waals surface area contributed by atoms with E-state index in [-0.39, 0.29) is 0 Å². The Labute approximate surface area is 64.9 Å². The lowest BCUT2D eigenvalue weighted by molar-refractivity contribution is 0.156. The first-order chi connectivity index (χ1) is 5.38. The molecule has 1 unspecified atom stereocenters. The van der Waals surface area contributed by atoms with Crippen LogP contribution >= 0.6 is 0 Å². The lowest BCUT2D eigenvalue weighted by Crippen LogP contribution is -2.04. The van der Waals surface area contributed by atoms with Crippen molar-refractivity contribution in [1.82, 2.24) is 14.8 Å². The van der Waals surface area contributed by atoms with Crippen molar-refractivity contribution in [3.8, 4) is 0 Å². The van der Waals surface area contributed by atoms with E-state index in [9.17, 15) is 5.11 Å². The standard InChI is InChI=1S/C7H11N3O/c11-6-3-1-2-4-10-5-8-9-7(6)10/h5-6,11H,1-4H2. The normalized spacial score (nSPS) is 24.3. The summed E-state index contributed by atoms with van der Waals surface area (Å²) in [4.78, 5) is 0. The summed E-state index contributed by atoms with van der Waals surface area (Å²) in [6.07, 6.45) is 4.29. The van der Waals surface area contributed by atoms with E-state index in [0.29, 0.717) is 0 Å². The zero-order chi connectivity index (χ0) is 7.68. The highest BCUT2D eigenvalue weighted by atomic mass is 16.3. The molecule has 1 atom stereocenters. The predicted molar refractivity (Wildman–Crippen MR) is 38.8 cm³/mol. The van der Waals surface area contributed by atoms with E-state index in [0.717, 1.165) is 31.6 Å². The molecular weight excluding hydrogens is 142 g/mol. The number of aryl methyl sites for hydroxylation is 1. The molecule has 0 fully saturated rings. The third-order valence-electron chi connectivity index (χ3n) is 2.07. The van der Waals surface area contributed by atoms with Gasteiger partial charge in [-0.3, -0.25) is 0 Å². The van der Waals surface area contributed by atoms with Crippen LogP contribution in [-0.2, 0) is 6.54 Å². The molecule has 11 heavy (non-hydrogen) atoms. The van der Waals surface area contributed by atoms with E-state index in [4.69, 9.17) is 0 Å². The fourth-order valence-corrected chi connectivity index (χ4v) is 1.44. The number of aliphatic hydroxyl groups excluding tert-OH is 1. The first-order valence-corrected chi connectivity index (χ1v) is 3.93. The van der Waals surface area contributed by atoms with Crippen LogP contribution in [0.4, 0.5) is 0 Å². The maximum absolute atomic E-state index is 9.51. The van der Waals surface area contributed by atoms with Crippen molar-refractivity contribution in [3.63, 3.8) is 0 Å². The number of hydrogen-bond acceptors (Lipinski definition) is 3. The van der Waals surface area contributed by atoms with Gasteiger partial charge in [-0.1, -0.05) is 0 Å². The van der Waals surface area contributed by atoms with E-state index in [1.54, 1.807) is 6.33 Å². The molecule has 0 saturated heterocycles. The molecule has 0 saturated carbocycles. The summed E-state index contributed by atoms with van der Waals surface area (Å²) in [6.45, 7) is 0.944. The SMILES string of the molecule is OC1CCCCn2cnnc21. The Morgan fingerprint density at radius 3 is 3.36 bits per heavy atom. The quantitative estimate of drug-likeness (QED) is 0.590. The molecule has 1 aromatic rings. The molecule has 1 aromatic heterocycles. The maximum Gasteiger partial charge on any atom is 0.161 e. The van der Waals surface area contributed by atoms with E-state index in [1.807, 2.05) is 4.57 Å². The zero-order valence-corrected chi connectivity index (χ0v) is 6.27. The zero-order valence-electron chi connectivity index (χ0n) is 6.27. The van der Waals surface area contributed by atoms with Crippen molar-refractivity contribution in [2.75, 3.05) is 0 Å². The van der Waals surface area contributed by atoms with Gasteiger partial charge in [0.05, 0.1) is 0 Å². The molecule has 0 amide bonds. The van der Waals surface area contributed by atoms with Crippen LogP contribution in [-0.4, -0.2) is 19.9 Å². The Bertz CT molecular complexity index is 246. The fourth-order valence-electron chi connectivity index (χ4n) is 1.44. The summed E-state index contributed by atoms with van der Waals surface area (Å²) < 4.78 is 1.93. The Morgan fingerprint density at radius 1 is 1.55 bits per heavy atom. The molecule has 0 bridgehead atoms. The smallest absolute Gasteiger partial charge is 0.161 e. The van der Waals surface area contributed by atoms with Gasteiger partial charge in [0.15, 0.2) is 5.82 Å². The van der Waals surface area contributed by atoms with Crippen LogP contribution in [0.15, 0.2) is 6.33 Å². The fraction of sp³-hybridized carbons (Fsp3) is 0.714. The minimum atomic E-state index is -0.403.